The van der Waals surface area contributed by atoms with E-state index in [9.17, 15) is 0 Å². The summed E-state index contributed by atoms with van der Waals surface area (Å²) in [5, 5.41) is 6.06. The molecule has 3 heterocycles. The lowest BCUT2D eigenvalue weighted by Gasteiger charge is -2.15. The van der Waals surface area contributed by atoms with Gasteiger partial charge in [0.1, 0.15) is 11.6 Å². The first-order chi connectivity index (χ1) is 10.7. The van der Waals surface area contributed by atoms with Crippen LogP contribution >= 0.6 is 11.3 Å². The van der Waals surface area contributed by atoms with Crippen molar-refractivity contribution in [2.24, 2.45) is 0 Å². The van der Waals surface area contributed by atoms with Crippen LogP contribution in [0.25, 0.3) is 0 Å². The normalized spacial score (nSPS) is 18.7. The lowest BCUT2D eigenvalue weighted by atomic mass is 10.0. The Morgan fingerprint density at radius 3 is 3.14 bits per heavy atom. The fourth-order valence-corrected chi connectivity index (χ4v) is 3.29. The maximum atomic E-state index is 5.16. The lowest BCUT2D eigenvalue weighted by Crippen LogP contribution is -2.24. The molecule has 0 radical (unpaired) electrons. The first-order valence-electron chi connectivity index (χ1n) is 7.48. The summed E-state index contributed by atoms with van der Waals surface area (Å²) in [5.41, 5.74) is 1.12. The van der Waals surface area contributed by atoms with Crippen LogP contribution in [0.5, 0.6) is 0 Å². The summed E-state index contributed by atoms with van der Waals surface area (Å²) in [6, 6.07) is 2.05. The van der Waals surface area contributed by atoms with Crippen molar-refractivity contribution in [1.29, 1.82) is 0 Å². The van der Waals surface area contributed by atoms with E-state index in [-0.39, 0.29) is 0 Å². The van der Waals surface area contributed by atoms with Crippen molar-refractivity contribution in [2.45, 2.75) is 19.3 Å². The van der Waals surface area contributed by atoms with Gasteiger partial charge in [0.2, 0.25) is 0 Å². The van der Waals surface area contributed by atoms with Crippen molar-refractivity contribution in [2.75, 3.05) is 38.7 Å². The maximum absolute atomic E-state index is 5.16. The molecule has 0 aromatic carbocycles. The summed E-state index contributed by atoms with van der Waals surface area (Å²) in [6.45, 7) is 5.85. The number of aromatic nitrogens is 3. The highest BCUT2D eigenvalue weighted by Crippen LogP contribution is 2.28. The van der Waals surface area contributed by atoms with E-state index in [0.29, 0.717) is 5.92 Å². The average molecular weight is 319 g/mol. The van der Waals surface area contributed by atoms with Crippen LogP contribution in [0.2, 0.25) is 0 Å². The number of methoxy groups -OCH3 is 1. The van der Waals surface area contributed by atoms with E-state index < -0.39 is 0 Å². The number of thiazole rings is 1. The van der Waals surface area contributed by atoms with E-state index in [4.69, 9.17) is 4.74 Å². The first kappa shape index (κ1) is 15.3. The van der Waals surface area contributed by atoms with E-state index in [1.54, 1.807) is 24.6 Å². The van der Waals surface area contributed by atoms with Crippen LogP contribution in [0.4, 0.5) is 10.9 Å². The highest BCUT2D eigenvalue weighted by Gasteiger charge is 2.25. The Morgan fingerprint density at radius 2 is 2.36 bits per heavy atom. The maximum Gasteiger partial charge on any atom is 0.188 e. The van der Waals surface area contributed by atoms with Crippen molar-refractivity contribution >= 4 is 22.3 Å². The molecule has 2 aromatic heterocycles. The van der Waals surface area contributed by atoms with Crippen LogP contribution in [-0.4, -0.2) is 53.2 Å². The molecule has 1 saturated heterocycles. The molecule has 2 aromatic rings. The highest BCUT2D eigenvalue weighted by atomic mass is 32.1. The van der Waals surface area contributed by atoms with Gasteiger partial charge in [0.05, 0.1) is 12.3 Å². The van der Waals surface area contributed by atoms with E-state index >= 15 is 0 Å². The van der Waals surface area contributed by atoms with Gasteiger partial charge in [-0.2, -0.15) is 0 Å². The predicted molar refractivity (Wildman–Crippen MR) is 87.8 cm³/mol. The SMILES string of the molecule is COCCN1CC[C@@H](c2cc(Nc3nccs3)nc(C)n2)C1. The van der Waals surface area contributed by atoms with Gasteiger partial charge in [-0.15, -0.1) is 11.3 Å². The molecule has 7 heteroatoms. The van der Waals surface area contributed by atoms with E-state index in [1.807, 2.05) is 12.3 Å². The number of aryl methyl sites for hydroxylation is 1. The minimum atomic E-state index is 0.468. The smallest absolute Gasteiger partial charge is 0.188 e. The van der Waals surface area contributed by atoms with E-state index in [0.717, 1.165) is 55.1 Å². The number of hydrogen-bond acceptors (Lipinski definition) is 7. The summed E-state index contributed by atoms with van der Waals surface area (Å²) in [6.07, 6.45) is 2.92. The molecule has 0 spiro atoms. The monoisotopic (exact) mass is 319 g/mol. The number of anilines is 2. The predicted octanol–water partition coefficient (Wildman–Crippen LogP) is 2.42. The molecule has 3 rings (SSSR count). The zero-order chi connectivity index (χ0) is 15.4. The molecule has 0 saturated carbocycles. The van der Waals surface area contributed by atoms with E-state index in [1.165, 1.54) is 0 Å². The Labute approximate surface area is 134 Å². The van der Waals surface area contributed by atoms with Crippen LogP contribution in [0, 0.1) is 6.92 Å². The van der Waals surface area contributed by atoms with Gasteiger partial charge in [-0.1, -0.05) is 0 Å². The minimum Gasteiger partial charge on any atom is -0.383 e. The molecule has 22 heavy (non-hydrogen) atoms. The molecule has 0 aliphatic carbocycles. The molecule has 1 atom stereocenters. The number of hydrogen-bond donors (Lipinski definition) is 1. The summed E-state index contributed by atoms with van der Waals surface area (Å²) in [4.78, 5) is 15.8. The summed E-state index contributed by atoms with van der Waals surface area (Å²) >= 11 is 1.57. The molecule has 0 bridgehead atoms. The Morgan fingerprint density at radius 1 is 1.45 bits per heavy atom. The fourth-order valence-electron chi connectivity index (χ4n) is 2.76. The van der Waals surface area contributed by atoms with Crippen molar-refractivity contribution < 1.29 is 4.74 Å². The zero-order valence-corrected chi connectivity index (χ0v) is 13.8. The summed E-state index contributed by atoms with van der Waals surface area (Å²) in [5.74, 6) is 2.09. The third-order valence-corrected chi connectivity index (χ3v) is 4.52. The molecule has 0 unspecified atom stereocenters. The van der Waals surface area contributed by atoms with Gasteiger partial charge < -0.3 is 15.0 Å². The number of nitrogens with one attached hydrogen (secondary N) is 1. The van der Waals surface area contributed by atoms with Gasteiger partial charge in [0.15, 0.2) is 5.13 Å². The lowest BCUT2D eigenvalue weighted by molar-refractivity contribution is 0.160. The van der Waals surface area contributed by atoms with Crippen LogP contribution < -0.4 is 5.32 Å². The molecule has 1 N–H and O–H groups in total. The Kier molecular flexibility index (Phi) is 4.97. The zero-order valence-electron chi connectivity index (χ0n) is 13.0. The molecular formula is C15H21N5OS. The molecule has 1 aliphatic rings. The molecule has 1 aliphatic heterocycles. The second-order valence-corrected chi connectivity index (χ2v) is 6.36. The quantitative estimate of drug-likeness (QED) is 0.882. The number of likely N-dealkylation sites (tertiary alicyclic amines) is 1. The molecule has 6 nitrogen and oxygen atoms in total. The second kappa shape index (κ2) is 7.13. The van der Waals surface area contributed by atoms with Crippen LogP contribution in [0.3, 0.4) is 0 Å². The van der Waals surface area contributed by atoms with Gasteiger partial charge in [-0.25, -0.2) is 15.0 Å². The number of ether oxygens (including phenoxy) is 1. The van der Waals surface area contributed by atoms with Gasteiger partial charge >= 0.3 is 0 Å². The first-order valence-corrected chi connectivity index (χ1v) is 8.36. The second-order valence-electron chi connectivity index (χ2n) is 5.47. The Balaban J connectivity index is 1.70. The van der Waals surface area contributed by atoms with E-state index in [2.05, 4.69) is 31.2 Å². The average Bonchev–Trinajstić information content (AvgIpc) is 3.16. The summed E-state index contributed by atoms with van der Waals surface area (Å²) < 4.78 is 5.16. The van der Waals surface area contributed by atoms with Crippen molar-refractivity contribution in [3.05, 3.63) is 29.2 Å². The molecular weight excluding hydrogens is 298 g/mol. The minimum absolute atomic E-state index is 0.468. The molecule has 0 amide bonds. The van der Waals surface area contributed by atoms with Gasteiger partial charge in [0.25, 0.3) is 0 Å². The van der Waals surface area contributed by atoms with Crippen LogP contribution in [0.1, 0.15) is 23.9 Å². The van der Waals surface area contributed by atoms with Gasteiger partial charge in [0, 0.05) is 43.8 Å². The Hall–Kier alpha value is -1.57. The number of nitrogens with zero attached hydrogens (tertiary/aromatic N) is 4. The molecule has 118 valence electrons. The largest absolute Gasteiger partial charge is 0.383 e. The molecule has 1 fully saturated rings. The van der Waals surface area contributed by atoms with Gasteiger partial charge in [-0.3, -0.25) is 0 Å². The van der Waals surface area contributed by atoms with Crippen LogP contribution in [0.15, 0.2) is 17.6 Å². The van der Waals surface area contributed by atoms with Crippen LogP contribution in [-0.2, 0) is 4.74 Å². The van der Waals surface area contributed by atoms with Gasteiger partial charge in [-0.05, 0) is 19.9 Å². The summed E-state index contributed by atoms with van der Waals surface area (Å²) in [7, 11) is 1.75. The third kappa shape index (κ3) is 3.79. The highest BCUT2D eigenvalue weighted by molar-refractivity contribution is 7.13. The fraction of sp³-hybridized carbons (Fsp3) is 0.533. The standard InChI is InChI=1S/C15H21N5OS/c1-11-17-13(12-3-5-20(10-12)6-7-21-2)9-14(18-11)19-15-16-4-8-22-15/h4,8-9,12H,3,5-7,10H2,1-2H3,(H,16,17,18,19)/t12-/m1/s1. The van der Waals surface area contributed by atoms with Crippen molar-refractivity contribution in [3.63, 3.8) is 0 Å². The topological polar surface area (TPSA) is 63.2 Å². The Bertz CT molecular complexity index is 604. The van der Waals surface area contributed by atoms with Crippen molar-refractivity contribution in [3.8, 4) is 0 Å². The number of rotatable bonds is 6. The van der Waals surface area contributed by atoms with Crippen molar-refractivity contribution in [1.82, 2.24) is 19.9 Å². The third-order valence-electron chi connectivity index (χ3n) is 3.83.